The van der Waals surface area contributed by atoms with Crippen LogP contribution in [0.25, 0.3) is 10.9 Å². The standard InChI is InChI=1S/C16H14FNO/c17-15-8-13-6-7-18(16(13)9-14(15)11-19)10-12-4-2-1-3-5-12/h1-9,19H,10-11H2. The highest BCUT2D eigenvalue weighted by molar-refractivity contribution is 5.81. The van der Waals surface area contributed by atoms with E-state index in [2.05, 4.69) is 16.7 Å². The summed E-state index contributed by atoms with van der Waals surface area (Å²) in [5.41, 5.74) is 2.46. The van der Waals surface area contributed by atoms with Crippen molar-refractivity contribution in [1.29, 1.82) is 0 Å². The molecule has 2 nitrogen and oxygen atoms in total. The van der Waals surface area contributed by atoms with E-state index in [0.29, 0.717) is 5.56 Å². The van der Waals surface area contributed by atoms with Crippen LogP contribution in [0, 0.1) is 5.82 Å². The van der Waals surface area contributed by atoms with Crippen LogP contribution in [0.5, 0.6) is 0 Å². The lowest BCUT2D eigenvalue weighted by molar-refractivity contribution is 0.276. The number of hydrogen-bond donors (Lipinski definition) is 1. The van der Waals surface area contributed by atoms with Gasteiger partial charge in [0, 0.05) is 29.2 Å². The van der Waals surface area contributed by atoms with Crippen molar-refractivity contribution in [2.45, 2.75) is 13.2 Å². The van der Waals surface area contributed by atoms with Gasteiger partial charge >= 0.3 is 0 Å². The predicted molar refractivity (Wildman–Crippen MR) is 73.4 cm³/mol. The first-order valence-corrected chi connectivity index (χ1v) is 6.20. The van der Waals surface area contributed by atoms with Crippen LogP contribution in [-0.4, -0.2) is 9.67 Å². The molecule has 19 heavy (non-hydrogen) atoms. The van der Waals surface area contributed by atoms with Crippen LogP contribution in [0.4, 0.5) is 4.39 Å². The zero-order chi connectivity index (χ0) is 13.2. The Hall–Kier alpha value is -2.13. The summed E-state index contributed by atoms with van der Waals surface area (Å²) in [7, 11) is 0. The molecule has 0 unspecified atom stereocenters. The van der Waals surface area contributed by atoms with Gasteiger partial charge in [-0.25, -0.2) is 4.39 Å². The quantitative estimate of drug-likeness (QED) is 0.763. The van der Waals surface area contributed by atoms with E-state index in [1.54, 1.807) is 6.07 Å². The van der Waals surface area contributed by atoms with Gasteiger partial charge in [0.15, 0.2) is 0 Å². The fraction of sp³-hybridized carbons (Fsp3) is 0.125. The Labute approximate surface area is 110 Å². The van der Waals surface area contributed by atoms with Gasteiger partial charge in [0.2, 0.25) is 0 Å². The molecule has 0 atom stereocenters. The molecule has 0 fully saturated rings. The molecule has 1 heterocycles. The van der Waals surface area contributed by atoms with Crippen LogP contribution >= 0.6 is 0 Å². The molecular weight excluding hydrogens is 241 g/mol. The van der Waals surface area contributed by atoms with Gasteiger partial charge in [-0.1, -0.05) is 30.3 Å². The minimum Gasteiger partial charge on any atom is -0.392 e. The topological polar surface area (TPSA) is 25.2 Å². The van der Waals surface area contributed by atoms with Crippen molar-refractivity contribution in [2.24, 2.45) is 0 Å². The molecule has 3 aromatic rings. The van der Waals surface area contributed by atoms with E-state index in [1.807, 2.05) is 30.5 Å². The van der Waals surface area contributed by atoms with E-state index < -0.39 is 0 Å². The minimum atomic E-state index is -0.354. The Bertz CT molecular complexity index is 703. The number of aliphatic hydroxyl groups excluding tert-OH is 1. The number of aliphatic hydroxyl groups is 1. The highest BCUT2D eigenvalue weighted by atomic mass is 19.1. The summed E-state index contributed by atoms with van der Waals surface area (Å²) in [4.78, 5) is 0. The van der Waals surface area contributed by atoms with Crippen molar-refractivity contribution in [3.05, 3.63) is 71.7 Å². The van der Waals surface area contributed by atoms with Gasteiger partial charge in [0.25, 0.3) is 0 Å². The molecular formula is C16H14FNO. The van der Waals surface area contributed by atoms with E-state index in [-0.39, 0.29) is 12.4 Å². The maximum atomic E-state index is 13.6. The second kappa shape index (κ2) is 4.86. The number of rotatable bonds is 3. The Morgan fingerprint density at radius 1 is 1.05 bits per heavy atom. The molecule has 96 valence electrons. The fourth-order valence-electron chi connectivity index (χ4n) is 2.29. The highest BCUT2D eigenvalue weighted by Gasteiger charge is 2.07. The van der Waals surface area contributed by atoms with Gasteiger partial charge in [-0.2, -0.15) is 0 Å². The van der Waals surface area contributed by atoms with E-state index in [4.69, 9.17) is 5.11 Å². The highest BCUT2D eigenvalue weighted by Crippen LogP contribution is 2.21. The lowest BCUT2D eigenvalue weighted by Gasteiger charge is -2.07. The molecule has 0 radical (unpaired) electrons. The number of halogens is 1. The van der Waals surface area contributed by atoms with Gasteiger partial charge in [-0.15, -0.1) is 0 Å². The van der Waals surface area contributed by atoms with Crippen molar-refractivity contribution in [3.63, 3.8) is 0 Å². The molecule has 0 aliphatic heterocycles. The number of aromatic nitrogens is 1. The van der Waals surface area contributed by atoms with Crippen molar-refractivity contribution in [3.8, 4) is 0 Å². The third kappa shape index (κ3) is 2.25. The summed E-state index contributed by atoms with van der Waals surface area (Å²) in [6.45, 7) is 0.457. The number of hydrogen-bond acceptors (Lipinski definition) is 1. The molecule has 3 rings (SSSR count). The summed E-state index contributed by atoms with van der Waals surface area (Å²) in [6, 6.07) is 15.2. The molecule has 0 amide bonds. The van der Waals surface area contributed by atoms with Crippen molar-refractivity contribution in [1.82, 2.24) is 4.57 Å². The molecule has 2 aromatic carbocycles. The van der Waals surface area contributed by atoms with Crippen molar-refractivity contribution in [2.75, 3.05) is 0 Å². The van der Waals surface area contributed by atoms with Gasteiger partial charge in [-0.05, 0) is 23.8 Å². The Kier molecular flexibility index (Phi) is 3.05. The molecule has 0 saturated carbocycles. The van der Waals surface area contributed by atoms with E-state index >= 15 is 0 Å². The van der Waals surface area contributed by atoms with Gasteiger partial charge in [0.05, 0.1) is 6.61 Å². The van der Waals surface area contributed by atoms with Crippen LogP contribution in [0.2, 0.25) is 0 Å². The van der Waals surface area contributed by atoms with Crippen LogP contribution in [0.15, 0.2) is 54.7 Å². The lowest BCUT2D eigenvalue weighted by atomic mass is 10.1. The van der Waals surface area contributed by atoms with E-state index in [1.165, 1.54) is 11.6 Å². The Morgan fingerprint density at radius 3 is 2.58 bits per heavy atom. The molecule has 0 aliphatic rings. The minimum absolute atomic E-state index is 0.279. The SMILES string of the molecule is OCc1cc2c(ccn2Cc2ccccc2)cc1F. The molecule has 1 N–H and O–H groups in total. The third-order valence-electron chi connectivity index (χ3n) is 3.31. The normalized spacial score (nSPS) is 11.1. The van der Waals surface area contributed by atoms with Crippen molar-refractivity contribution < 1.29 is 9.50 Å². The summed E-state index contributed by atoms with van der Waals surface area (Å²) < 4.78 is 15.6. The first-order chi connectivity index (χ1) is 9.28. The Morgan fingerprint density at radius 2 is 1.84 bits per heavy atom. The van der Waals surface area contributed by atoms with E-state index in [9.17, 15) is 4.39 Å². The number of fused-ring (bicyclic) bond motifs is 1. The fourth-order valence-corrected chi connectivity index (χ4v) is 2.29. The van der Waals surface area contributed by atoms with E-state index in [0.717, 1.165) is 17.4 Å². The molecule has 0 bridgehead atoms. The Balaban J connectivity index is 2.05. The molecule has 0 aliphatic carbocycles. The predicted octanol–water partition coefficient (Wildman–Crippen LogP) is 3.32. The van der Waals surface area contributed by atoms with Crippen LogP contribution in [0.1, 0.15) is 11.1 Å². The number of nitrogens with zero attached hydrogens (tertiary/aromatic N) is 1. The molecule has 0 spiro atoms. The summed E-state index contributed by atoms with van der Waals surface area (Å²) in [5.74, 6) is -0.354. The zero-order valence-corrected chi connectivity index (χ0v) is 10.4. The molecule has 1 aromatic heterocycles. The first kappa shape index (κ1) is 11.9. The smallest absolute Gasteiger partial charge is 0.129 e. The monoisotopic (exact) mass is 255 g/mol. The maximum absolute atomic E-state index is 13.6. The summed E-state index contributed by atoms with van der Waals surface area (Å²) >= 11 is 0. The van der Waals surface area contributed by atoms with Crippen LogP contribution in [-0.2, 0) is 13.2 Å². The lowest BCUT2D eigenvalue weighted by Crippen LogP contribution is -1.98. The average Bonchev–Trinajstić information content (AvgIpc) is 2.81. The molecule has 0 saturated heterocycles. The van der Waals surface area contributed by atoms with Crippen molar-refractivity contribution >= 4 is 10.9 Å². The van der Waals surface area contributed by atoms with Crippen LogP contribution in [0.3, 0.4) is 0 Å². The first-order valence-electron chi connectivity index (χ1n) is 6.20. The van der Waals surface area contributed by atoms with Crippen LogP contribution < -0.4 is 0 Å². The summed E-state index contributed by atoms with van der Waals surface area (Å²) in [6.07, 6.45) is 1.94. The maximum Gasteiger partial charge on any atom is 0.129 e. The number of benzene rings is 2. The molecule has 3 heteroatoms. The second-order valence-corrected chi connectivity index (χ2v) is 4.59. The summed E-state index contributed by atoms with van der Waals surface area (Å²) in [5, 5.41) is 10.00. The zero-order valence-electron chi connectivity index (χ0n) is 10.4. The second-order valence-electron chi connectivity index (χ2n) is 4.59. The third-order valence-corrected chi connectivity index (χ3v) is 3.31. The largest absolute Gasteiger partial charge is 0.392 e. The van der Waals surface area contributed by atoms with Gasteiger partial charge < -0.3 is 9.67 Å². The van der Waals surface area contributed by atoms with Gasteiger partial charge in [-0.3, -0.25) is 0 Å². The average molecular weight is 255 g/mol. The van der Waals surface area contributed by atoms with Gasteiger partial charge in [0.1, 0.15) is 5.82 Å².